The molecule has 5 aromatic rings. The summed E-state index contributed by atoms with van der Waals surface area (Å²) in [4.78, 5) is 0. The molecule has 0 amide bonds. The molecule has 5 unspecified atom stereocenters. The fourth-order valence-electron chi connectivity index (χ4n) is 12.9. The van der Waals surface area contributed by atoms with Gasteiger partial charge in [0.2, 0.25) is 0 Å². The van der Waals surface area contributed by atoms with Crippen LogP contribution in [0.5, 0.6) is 0 Å². The third-order valence-corrected chi connectivity index (χ3v) is 18.5. The zero-order valence-corrected chi connectivity index (χ0v) is 76.6. The summed E-state index contributed by atoms with van der Waals surface area (Å²) >= 11 is 0. The molecule has 0 aliphatic heterocycles. The molecule has 0 heterocycles. The van der Waals surface area contributed by atoms with Crippen LogP contribution < -0.4 is 0 Å². The minimum absolute atomic E-state index is 0. The summed E-state index contributed by atoms with van der Waals surface area (Å²) in [6, 6.07) is 44.8. The van der Waals surface area contributed by atoms with E-state index in [1.54, 1.807) is 27.8 Å². The van der Waals surface area contributed by atoms with Crippen molar-refractivity contribution in [3.8, 4) is 0 Å². The predicted octanol–water partition coefficient (Wildman–Crippen LogP) is 30.0. The van der Waals surface area contributed by atoms with Gasteiger partial charge < -0.3 is 32.1 Å². The molecule has 98 heavy (non-hydrogen) atoms. The molecule has 0 aliphatic carbocycles. The van der Waals surface area contributed by atoms with Gasteiger partial charge in [-0.2, -0.15) is 64.2 Å². The van der Waals surface area contributed by atoms with Crippen LogP contribution in [0, 0.1) is 91.3 Å². The van der Waals surface area contributed by atoms with Crippen LogP contribution in [-0.2, 0) is 137 Å². The summed E-state index contributed by atoms with van der Waals surface area (Å²) in [5.41, 5.74) is 15.4. The fraction of sp³-hybridized carbons (Fsp3) is 0.624. The van der Waals surface area contributed by atoms with Gasteiger partial charge in [-0.3, -0.25) is 0 Å². The summed E-state index contributed by atoms with van der Waals surface area (Å²) < 4.78 is 0. The third-order valence-electron chi connectivity index (χ3n) is 18.5. The first-order valence-corrected chi connectivity index (χ1v) is 37.3. The van der Waals surface area contributed by atoms with Crippen LogP contribution >= 0.6 is 0 Å². The van der Waals surface area contributed by atoms with Crippen molar-refractivity contribution in [2.75, 3.05) is 0 Å². The Kier molecular flexibility index (Phi) is 77.7. The van der Waals surface area contributed by atoms with Gasteiger partial charge in [0.05, 0.1) is 0 Å². The molecule has 0 saturated carbocycles. The largest absolute Gasteiger partial charge is 0.328 e. The zero-order valence-electron chi connectivity index (χ0n) is 65.3. The van der Waals surface area contributed by atoms with Gasteiger partial charge in [0.25, 0.3) is 0 Å². The molecule has 0 fully saturated rings. The van der Waals surface area contributed by atoms with Crippen LogP contribution in [0.25, 0.3) is 0 Å². The van der Waals surface area contributed by atoms with E-state index >= 15 is 0 Å². The molecule has 0 N–H and O–H groups in total. The van der Waals surface area contributed by atoms with Crippen molar-refractivity contribution in [3.63, 3.8) is 0 Å². The number of rotatable bonds is 35. The second-order valence-electron chi connectivity index (χ2n) is 30.3. The van der Waals surface area contributed by atoms with Crippen LogP contribution in [0.15, 0.2) is 121 Å². The average molecular weight is 2250 g/mol. The van der Waals surface area contributed by atoms with Crippen molar-refractivity contribution >= 4 is 0 Å². The normalized spacial score (nSPS) is 12.2. The van der Waals surface area contributed by atoms with Gasteiger partial charge in [0, 0.05) is 105 Å². The van der Waals surface area contributed by atoms with Crippen molar-refractivity contribution in [3.05, 3.63) is 209 Å². The Hall–Kier alpha value is -0.458. The first-order chi connectivity index (χ1) is 42.8. The van der Waals surface area contributed by atoms with Crippen molar-refractivity contribution < 1.29 is 105 Å². The van der Waals surface area contributed by atoms with E-state index in [1.807, 2.05) is 0 Å². The Morgan fingerprint density at radius 2 is 0.327 bits per heavy atom. The Morgan fingerprint density at radius 3 is 0.429 bits per heavy atom. The molecule has 0 bridgehead atoms. The molecular formula is C93H157Pt5-5. The number of benzene rings is 5. The Bertz CT molecular complexity index is 2110. The van der Waals surface area contributed by atoms with Gasteiger partial charge in [-0.15, -0.1) is 0 Å². The Morgan fingerprint density at radius 1 is 0.204 bits per heavy atom. The van der Waals surface area contributed by atoms with E-state index in [1.165, 1.54) is 92.0 Å². The van der Waals surface area contributed by atoms with Crippen molar-refractivity contribution in [2.45, 2.75) is 321 Å². The fourth-order valence-corrected chi connectivity index (χ4v) is 12.9. The Balaban J connectivity index is -0.000000169. The minimum Gasteiger partial charge on any atom is -0.328 e. The second kappa shape index (κ2) is 67.2. The van der Waals surface area contributed by atoms with E-state index in [-0.39, 0.29) is 128 Å². The SMILES string of the molecule is C.C.C.CCc1ccccc1C(C[CH-]CC(C)C)C(C)C.CCc1ccccc1C(C[CH-]CC(C)C)C(C)C.CCc1ccccc1C(C[CH-]CC(C)C)C(C)C.CCc1ccccc1C(C[CH-]CC(C)C)C(C)C.CCc1ccccc1C(C[CH-]CC(C)C)C(C)C.[Pt].[Pt].[Pt].[Pt].[Pt]. The van der Waals surface area contributed by atoms with E-state index in [0.717, 1.165) is 61.7 Å². The number of aryl methyl sites for hydroxylation is 5. The van der Waals surface area contributed by atoms with Crippen molar-refractivity contribution in [1.82, 2.24) is 0 Å². The van der Waals surface area contributed by atoms with Gasteiger partial charge in [0.15, 0.2) is 0 Å². The summed E-state index contributed by atoms with van der Waals surface area (Å²) in [5, 5.41) is 0. The maximum atomic E-state index is 2.49. The van der Waals surface area contributed by atoms with E-state index in [2.05, 4.69) is 327 Å². The molecule has 0 saturated heterocycles. The van der Waals surface area contributed by atoms with Gasteiger partial charge in [-0.25, -0.2) is 0 Å². The van der Waals surface area contributed by atoms with Crippen LogP contribution in [0.3, 0.4) is 0 Å². The predicted molar refractivity (Wildman–Crippen MR) is 429 cm³/mol. The maximum absolute atomic E-state index is 2.49. The molecule has 5 heteroatoms. The first-order valence-electron chi connectivity index (χ1n) is 37.3. The molecule has 5 aromatic carbocycles. The topological polar surface area (TPSA) is 0 Å². The van der Waals surface area contributed by atoms with E-state index in [0.29, 0.717) is 59.2 Å². The minimum atomic E-state index is 0. The van der Waals surface area contributed by atoms with Crippen LogP contribution in [0.4, 0.5) is 0 Å². The van der Waals surface area contributed by atoms with E-state index < -0.39 is 0 Å². The summed E-state index contributed by atoms with van der Waals surface area (Å²) in [6.45, 7) is 57.7. The smallest absolute Gasteiger partial charge is 0 e. The molecule has 0 aromatic heterocycles. The van der Waals surface area contributed by atoms with Crippen LogP contribution in [-0.4, -0.2) is 0 Å². The van der Waals surface area contributed by atoms with Crippen molar-refractivity contribution in [1.29, 1.82) is 0 Å². The van der Waals surface area contributed by atoms with Gasteiger partial charge in [0.1, 0.15) is 0 Å². The maximum Gasteiger partial charge on any atom is 0 e. The second-order valence-corrected chi connectivity index (χ2v) is 30.3. The summed E-state index contributed by atoms with van der Waals surface area (Å²) in [6.07, 6.45) is 30.4. The number of hydrogen-bond donors (Lipinski definition) is 0. The van der Waals surface area contributed by atoms with E-state index in [4.69, 9.17) is 0 Å². The van der Waals surface area contributed by atoms with Gasteiger partial charge >= 0.3 is 0 Å². The van der Waals surface area contributed by atoms with Crippen molar-refractivity contribution in [2.24, 2.45) is 59.2 Å². The monoisotopic (exact) mass is 2250 g/mol. The standard InChI is InChI=1S/5C18H29.3CH4.5Pt/c5*1-6-16-11-7-8-12-18(16)17(15(4)5)13-9-10-14(2)3;;;;;;;;/h5*7-9,11-12,14-15,17H,6,10,13H2,1-5H3;3*1H4;;;;;/q5*-1;;;;;;;;. The van der Waals surface area contributed by atoms with E-state index in [9.17, 15) is 0 Å². The van der Waals surface area contributed by atoms with Gasteiger partial charge in [-0.05, 0) is 147 Å². The Labute approximate surface area is 688 Å². The molecule has 0 nitrogen and oxygen atoms in total. The van der Waals surface area contributed by atoms with Gasteiger partial charge in [-0.1, -0.05) is 346 Å². The first kappa shape index (κ1) is 113. The molecule has 5 atom stereocenters. The third kappa shape index (κ3) is 47.2. The molecular weight excluding hydrogens is 2090 g/mol. The van der Waals surface area contributed by atoms with Crippen LogP contribution in [0.2, 0.25) is 0 Å². The molecule has 5 rings (SSSR count). The molecule has 584 valence electrons. The summed E-state index contributed by atoms with van der Waals surface area (Å²) in [7, 11) is 0. The van der Waals surface area contributed by atoms with Crippen LogP contribution in [0.1, 0.15) is 345 Å². The molecule has 0 aliphatic rings. The average Bonchev–Trinajstić information content (AvgIpc) is 0.896. The molecule has 0 radical (unpaired) electrons. The number of hydrogen-bond acceptors (Lipinski definition) is 0. The zero-order chi connectivity index (χ0) is 67.7. The molecule has 0 spiro atoms. The summed E-state index contributed by atoms with van der Waals surface area (Å²) in [5.74, 6) is 10.8. The quantitative estimate of drug-likeness (QED) is 0.0355.